The van der Waals surface area contributed by atoms with Gasteiger partial charge in [0.25, 0.3) is 0 Å². The fourth-order valence-electron chi connectivity index (χ4n) is 6.59. The van der Waals surface area contributed by atoms with E-state index in [1.165, 1.54) is 75.7 Å². The minimum absolute atomic E-state index is 0.00447. The van der Waals surface area contributed by atoms with Gasteiger partial charge in [-0.05, 0) is 229 Å². The van der Waals surface area contributed by atoms with Gasteiger partial charge in [0, 0.05) is 24.5 Å². The number of alkyl halides is 18. The lowest BCUT2D eigenvalue weighted by molar-refractivity contribution is -0.138. The monoisotopic (exact) mass is 1510 g/mol. The highest BCUT2D eigenvalue weighted by molar-refractivity contribution is 9.11. The lowest BCUT2D eigenvalue weighted by atomic mass is 10.1. The average Bonchev–Trinajstić information content (AvgIpc) is 1.34. The Bertz CT molecular complexity index is 3220. The van der Waals surface area contributed by atoms with Crippen molar-refractivity contribution in [2.24, 2.45) is 0 Å². The van der Waals surface area contributed by atoms with Crippen LogP contribution < -0.4 is 0 Å². The second kappa shape index (κ2) is 35.1. The molecule has 0 amide bonds. The summed E-state index contributed by atoms with van der Waals surface area (Å²) in [4.78, 5) is 0. The van der Waals surface area contributed by atoms with Crippen molar-refractivity contribution >= 4 is 59.4 Å². The van der Waals surface area contributed by atoms with E-state index in [2.05, 4.69) is 60.8 Å². The molecule has 0 spiro atoms. The lowest BCUT2D eigenvalue weighted by Gasteiger charge is -2.09. The first kappa shape index (κ1) is 82.0. The Balaban J connectivity index is 0.000000515. The molecule has 0 saturated carbocycles. The van der Waals surface area contributed by atoms with Crippen molar-refractivity contribution < 1.29 is 96.6 Å². The molecule has 0 saturated heterocycles. The number of aryl methyl sites for hydroxylation is 10. The molecule has 8 rings (SSSR count). The van der Waals surface area contributed by atoms with Crippen LogP contribution in [0.1, 0.15) is 89.0 Å². The molecule has 0 fully saturated rings. The number of hydrogen-bond donors (Lipinski definition) is 0. The van der Waals surface area contributed by atoms with E-state index in [0.29, 0.717) is 31.7 Å². The van der Waals surface area contributed by atoms with Crippen LogP contribution in [0.3, 0.4) is 0 Å². The molecular formula is C64H54Br3ClF22. The van der Waals surface area contributed by atoms with Gasteiger partial charge in [-0.3, -0.25) is 0 Å². The van der Waals surface area contributed by atoms with Crippen LogP contribution in [0.5, 0.6) is 0 Å². The van der Waals surface area contributed by atoms with Crippen molar-refractivity contribution in [1.82, 2.24) is 0 Å². The molecule has 0 bridgehead atoms. The summed E-state index contributed by atoms with van der Waals surface area (Å²) in [6, 6.07) is 29.1. The first-order chi connectivity index (χ1) is 40.9. The summed E-state index contributed by atoms with van der Waals surface area (Å²) in [5.74, 6) is -2.29. The van der Waals surface area contributed by atoms with E-state index in [1.54, 1.807) is 34.6 Å². The van der Waals surface area contributed by atoms with Gasteiger partial charge in [0.05, 0.1) is 33.4 Å². The minimum atomic E-state index is -4.39. The summed E-state index contributed by atoms with van der Waals surface area (Å²) in [5, 5.41) is 0.350. The second-order valence-electron chi connectivity index (χ2n) is 19.2. The van der Waals surface area contributed by atoms with Crippen molar-refractivity contribution in [1.29, 1.82) is 0 Å². The molecule has 26 heteroatoms. The van der Waals surface area contributed by atoms with E-state index < -0.39 is 93.7 Å². The van der Waals surface area contributed by atoms with Crippen LogP contribution in [0.15, 0.2) is 159 Å². The normalized spacial score (nSPS) is 11.3. The molecule has 0 aromatic heterocycles. The first-order valence-electron chi connectivity index (χ1n) is 25.3. The van der Waals surface area contributed by atoms with Gasteiger partial charge < -0.3 is 0 Å². The SMILES string of the molecule is Cc1cc(C(F)(F)F)ccc1Br.Cc1cc(C(F)(F)F)ccc1Cl.Cc1cc(C(F)(F)F)ccc1F.Cc1cc(F)ccc1C(F)(F)F.Cc1ccc(Br)cc1Br.Cc1ccc(C(F)(F)F)c(C)c1.Cc1ccc(C(F)(F)F)cc1C.Cc1ccc(F)cc1F. The van der Waals surface area contributed by atoms with Crippen LogP contribution in [0.4, 0.5) is 96.6 Å². The average molecular weight is 1520 g/mol. The summed E-state index contributed by atoms with van der Waals surface area (Å²) in [6.07, 6.45) is -25.8. The standard InChI is InChI=1S/2C9H9F3.C8H6BrF3.C8H6ClF3.2C8H6F4.C7H6Br2.C7H6F2/c1-6-3-4-8(5-7(6)2)9(10,11)12;1-6-3-4-8(7(2)5-6)9(10,11)12;2*1-5-4-6(8(10,11)12)2-3-7(5)9;1-5-4-6(9)2-3-7(5)8(10,11)12;1-5-4-6(8(10,11)12)2-3-7(5)9;2*1-5-2-3-6(8)4-7(5)9/h2*3-5H,1-2H3;4*2-4H,1H3;2*2-4H,1H3. The van der Waals surface area contributed by atoms with E-state index in [4.69, 9.17) is 11.6 Å². The van der Waals surface area contributed by atoms with E-state index in [1.807, 2.05) is 12.1 Å². The lowest BCUT2D eigenvalue weighted by Crippen LogP contribution is -2.07. The maximum Gasteiger partial charge on any atom is 0.416 e. The third-order valence-electron chi connectivity index (χ3n) is 11.7. The molecule has 0 N–H and O–H groups in total. The Morgan fingerprint density at radius 3 is 1.02 bits per heavy atom. The zero-order chi connectivity index (χ0) is 69.8. The van der Waals surface area contributed by atoms with Crippen molar-refractivity contribution in [3.63, 3.8) is 0 Å². The van der Waals surface area contributed by atoms with Crippen LogP contribution in [0, 0.1) is 92.5 Å². The first-order valence-corrected chi connectivity index (χ1v) is 28.1. The highest BCUT2D eigenvalue weighted by Gasteiger charge is 2.35. The van der Waals surface area contributed by atoms with Crippen LogP contribution >= 0.6 is 59.4 Å². The smallest absolute Gasteiger partial charge is 0.207 e. The number of rotatable bonds is 0. The van der Waals surface area contributed by atoms with E-state index in [0.717, 1.165) is 105 Å². The van der Waals surface area contributed by atoms with Crippen molar-refractivity contribution in [2.75, 3.05) is 0 Å². The Hall–Kier alpha value is -6.05. The Morgan fingerprint density at radius 1 is 0.267 bits per heavy atom. The van der Waals surface area contributed by atoms with Gasteiger partial charge in [-0.1, -0.05) is 95.3 Å². The van der Waals surface area contributed by atoms with Gasteiger partial charge in [0.15, 0.2) is 0 Å². The molecule has 0 atom stereocenters. The van der Waals surface area contributed by atoms with E-state index in [-0.39, 0.29) is 16.7 Å². The van der Waals surface area contributed by atoms with Gasteiger partial charge in [0.2, 0.25) is 0 Å². The van der Waals surface area contributed by atoms with Crippen molar-refractivity contribution in [3.05, 3.63) is 276 Å². The summed E-state index contributed by atoms with van der Waals surface area (Å²) >= 11 is 15.5. The highest BCUT2D eigenvalue weighted by Crippen LogP contribution is 2.36. The maximum absolute atomic E-state index is 12.5. The Labute approximate surface area is 535 Å². The second-order valence-corrected chi connectivity index (χ2v) is 22.3. The molecular weight excluding hydrogens is 1460 g/mol. The van der Waals surface area contributed by atoms with Crippen LogP contribution in [-0.4, -0.2) is 0 Å². The van der Waals surface area contributed by atoms with E-state index in [9.17, 15) is 96.6 Å². The van der Waals surface area contributed by atoms with Gasteiger partial charge in [-0.2, -0.15) is 79.0 Å². The molecule has 0 aliphatic rings. The number of hydrogen-bond acceptors (Lipinski definition) is 0. The third-order valence-corrected chi connectivity index (χ3v) is 14.4. The predicted octanol–water partition coefficient (Wildman–Crippen LogP) is 26.2. The van der Waals surface area contributed by atoms with Crippen molar-refractivity contribution in [2.45, 2.75) is 106 Å². The summed E-state index contributed by atoms with van der Waals surface area (Å²) in [5.41, 5.74) is 1.34. The summed E-state index contributed by atoms with van der Waals surface area (Å²) in [6.45, 7) is 16.0. The molecule has 0 aliphatic heterocycles. The summed E-state index contributed by atoms with van der Waals surface area (Å²) in [7, 11) is 0. The number of halogens is 26. The van der Waals surface area contributed by atoms with Gasteiger partial charge in [-0.25, -0.2) is 17.6 Å². The fourth-order valence-corrected chi connectivity index (χ4v) is 8.00. The molecule has 0 unspecified atom stereocenters. The molecule has 90 heavy (non-hydrogen) atoms. The van der Waals surface area contributed by atoms with Gasteiger partial charge >= 0.3 is 37.1 Å². The zero-order valence-electron chi connectivity index (χ0n) is 48.7. The molecule has 8 aromatic carbocycles. The van der Waals surface area contributed by atoms with E-state index >= 15 is 0 Å². The predicted molar refractivity (Wildman–Crippen MR) is 317 cm³/mol. The number of benzene rings is 8. The quantitative estimate of drug-likeness (QED) is 0.133. The fraction of sp³-hybridized carbons (Fsp3) is 0.250. The largest absolute Gasteiger partial charge is 0.416 e. The minimum Gasteiger partial charge on any atom is -0.207 e. The molecule has 0 aliphatic carbocycles. The molecule has 8 aromatic rings. The highest BCUT2D eigenvalue weighted by atomic mass is 79.9. The van der Waals surface area contributed by atoms with Crippen molar-refractivity contribution in [3.8, 4) is 0 Å². The maximum atomic E-state index is 12.5. The topological polar surface area (TPSA) is 0 Å². The molecule has 0 nitrogen and oxygen atoms in total. The molecule has 0 heterocycles. The van der Waals surface area contributed by atoms with Crippen LogP contribution in [0.25, 0.3) is 0 Å². The Kier molecular flexibility index (Phi) is 32.0. The molecule has 492 valence electrons. The Morgan fingerprint density at radius 2 is 0.644 bits per heavy atom. The van der Waals surface area contributed by atoms with Crippen LogP contribution in [0.2, 0.25) is 5.02 Å². The summed E-state index contributed by atoms with van der Waals surface area (Å²) < 4.78 is 270. The van der Waals surface area contributed by atoms with Gasteiger partial charge in [0.1, 0.15) is 23.3 Å². The zero-order valence-corrected chi connectivity index (χ0v) is 54.2. The van der Waals surface area contributed by atoms with Gasteiger partial charge in [-0.15, -0.1) is 0 Å². The third kappa shape index (κ3) is 29.9. The van der Waals surface area contributed by atoms with Crippen LogP contribution in [-0.2, 0) is 37.1 Å². The molecule has 0 radical (unpaired) electrons.